The molecule has 3 rings (SSSR count). The molecule has 0 saturated heterocycles. The number of methoxy groups -OCH3 is 2. The molecule has 0 saturated carbocycles. The predicted molar refractivity (Wildman–Crippen MR) is 114 cm³/mol. The summed E-state index contributed by atoms with van der Waals surface area (Å²) in [6, 6.07) is 9.87. The summed E-state index contributed by atoms with van der Waals surface area (Å²) in [4.78, 5) is 16.6. The van der Waals surface area contributed by atoms with E-state index in [0.717, 1.165) is 22.7 Å². The van der Waals surface area contributed by atoms with Gasteiger partial charge in [0.15, 0.2) is 11.5 Å². The van der Waals surface area contributed by atoms with E-state index >= 15 is 0 Å². The van der Waals surface area contributed by atoms with Crippen LogP contribution in [0.4, 0.5) is 13.2 Å². The van der Waals surface area contributed by atoms with E-state index < -0.39 is 11.7 Å². The van der Waals surface area contributed by atoms with Crippen molar-refractivity contribution in [2.45, 2.75) is 12.6 Å². The van der Waals surface area contributed by atoms with Crippen molar-refractivity contribution >= 4 is 17.2 Å². The Kier molecular flexibility index (Phi) is 7.57. The van der Waals surface area contributed by atoms with Gasteiger partial charge in [0.1, 0.15) is 17.4 Å². The Morgan fingerprint density at radius 1 is 1.06 bits per heavy atom. The van der Waals surface area contributed by atoms with Gasteiger partial charge in [0.25, 0.3) is 0 Å². The third kappa shape index (κ3) is 6.13. The van der Waals surface area contributed by atoms with Crippen LogP contribution in [0, 0.1) is 0 Å². The number of nitrogens with one attached hydrogen (secondary N) is 1. The Balaban J connectivity index is 1.46. The molecule has 10 heteroatoms. The number of thiazole rings is 1. The number of nitrogens with zero attached hydrogens (tertiary/aromatic N) is 1. The van der Waals surface area contributed by atoms with Crippen molar-refractivity contribution in [1.82, 2.24) is 10.3 Å². The topological polar surface area (TPSA) is 69.7 Å². The van der Waals surface area contributed by atoms with Crippen molar-refractivity contribution in [2.75, 3.05) is 27.4 Å². The van der Waals surface area contributed by atoms with Crippen molar-refractivity contribution in [2.24, 2.45) is 0 Å². The summed E-state index contributed by atoms with van der Waals surface area (Å²) in [7, 11) is 3.12. The number of ether oxygens (including phenoxy) is 3. The number of alkyl halides is 3. The first-order chi connectivity index (χ1) is 15.3. The van der Waals surface area contributed by atoms with Gasteiger partial charge in [-0.1, -0.05) is 0 Å². The van der Waals surface area contributed by atoms with Gasteiger partial charge in [-0.15, -0.1) is 11.3 Å². The van der Waals surface area contributed by atoms with Crippen molar-refractivity contribution in [3.63, 3.8) is 0 Å². The maximum atomic E-state index is 12.6. The van der Waals surface area contributed by atoms with E-state index in [1.807, 2.05) is 17.5 Å². The zero-order chi connectivity index (χ0) is 23.1. The minimum Gasteiger partial charge on any atom is -0.493 e. The van der Waals surface area contributed by atoms with Gasteiger partial charge >= 0.3 is 6.18 Å². The monoisotopic (exact) mass is 466 g/mol. The number of halogens is 3. The second kappa shape index (κ2) is 10.4. The molecule has 0 fully saturated rings. The van der Waals surface area contributed by atoms with Crippen LogP contribution in [0.3, 0.4) is 0 Å². The molecule has 2 aromatic carbocycles. The minimum absolute atomic E-state index is 0.101. The molecule has 1 aromatic heterocycles. The molecule has 6 nitrogen and oxygen atoms in total. The van der Waals surface area contributed by atoms with Gasteiger partial charge in [-0.2, -0.15) is 13.2 Å². The van der Waals surface area contributed by atoms with Gasteiger partial charge in [0, 0.05) is 10.9 Å². The van der Waals surface area contributed by atoms with Crippen LogP contribution >= 0.6 is 11.3 Å². The average Bonchev–Trinajstić information content (AvgIpc) is 3.24. The number of benzene rings is 2. The van der Waals surface area contributed by atoms with Gasteiger partial charge in [-0.25, -0.2) is 4.98 Å². The standard InChI is InChI=1S/C22H21F3N2O4S/c1-29-18-8-3-14(11-19(18)30-2)21-27-16(13-32-21)12-20(28)26-9-10-31-17-6-4-15(5-7-17)22(23,24)25/h3-8,11,13H,9-10,12H2,1-2H3,(H,26,28). The summed E-state index contributed by atoms with van der Waals surface area (Å²) < 4.78 is 53.6. The first-order valence-corrected chi connectivity index (χ1v) is 10.4. The number of carbonyl (C=O) groups is 1. The van der Waals surface area contributed by atoms with Crippen LogP contribution in [0.5, 0.6) is 17.2 Å². The molecule has 0 aliphatic carbocycles. The number of amides is 1. The summed E-state index contributed by atoms with van der Waals surface area (Å²) in [5.74, 6) is 1.27. The van der Waals surface area contributed by atoms with E-state index in [9.17, 15) is 18.0 Å². The maximum absolute atomic E-state index is 12.6. The van der Waals surface area contributed by atoms with E-state index in [-0.39, 0.29) is 25.5 Å². The number of rotatable bonds is 9. The lowest BCUT2D eigenvalue weighted by atomic mass is 10.2. The summed E-state index contributed by atoms with van der Waals surface area (Å²) in [6.07, 6.45) is -4.29. The molecule has 1 N–H and O–H groups in total. The summed E-state index contributed by atoms with van der Waals surface area (Å²) in [5.41, 5.74) is 0.735. The smallest absolute Gasteiger partial charge is 0.416 e. The Hall–Kier alpha value is -3.27. The molecule has 0 bridgehead atoms. The highest BCUT2D eigenvalue weighted by atomic mass is 32.1. The largest absolute Gasteiger partial charge is 0.493 e. The van der Waals surface area contributed by atoms with Crippen LogP contribution in [0.1, 0.15) is 11.3 Å². The Morgan fingerprint density at radius 2 is 1.78 bits per heavy atom. The van der Waals surface area contributed by atoms with Crippen LogP contribution in [-0.2, 0) is 17.4 Å². The van der Waals surface area contributed by atoms with Crippen LogP contribution in [0.2, 0.25) is 0 Å². The second-order valence-corrected chi connectivity index (χ2v) is 7.47. The fourth-order valence-electron chi connectivity index (χ4n) is 2.82. The highest BCUT2D eigenvalue weighted by Gasteiger charge is 2.30. The van der Waals surface area contributed by atoms with E-state index in [4.69, 9.17) is 14.2 Å². The molecule has 0 aliphatic heterocycles. The first-order valence-electron chi connectivity index (χ1n) is 9.53. The van der Waals surface area contributed by atoms with Crippen LogP contribution < -0.4 is 19.5 Å². The maximum Gasteiger partial charge on any atom is 0.416 e. The quantitative estimate of drug-likeness (QED) is 0.468. The number of aromatic nitrogens is 1. The van der Waals surface area contributed by atoms with Crippen LogP contribution in [0.25, 0.3) is 10.6 Å². The molecular weight excluding hydrogens is 445 g/mol. The van der Waals surface area contributed by atoms with Crippen LogP contribution in [-0.4, -0.2) is 38.3 Å². The molecule has 0 atom stereocenters. The van der Waals surface area contributed by atoms with Crippen molar-refractivity contribution in [1.29, 1.82) is 0 Å². The fourth-order valence-corrected chi connectivity index (χ4v) is 3.63. The van der Waals surface area contributed by atoms with Gasteiger partial charge < -0.3 is 19.5 Å². The normalized spacial score (nSPS) is 11.2. The summed E-state index contributed by atoms with van der Waals surface area (Å²) in [6.45, 7) is 0.345. The fraction of sp³-hybridized carbons (Fsp3) is 0.273. The molecule has 1 heterocycles. The van der Waals surface area contributed by atoms with E-state index in [2.05, 4.69) is 10.3 Å². The molecule has 32 heavy (non-hydrogen) atoms. The van der Waals surface area contributed by atoms with E-state index in [1.165, 1.54) is 23.5 Å². The number of carbonyl (C=O) groups excluding carboxylic acids is 1. The van der Waals surface area contributed by atoms with E-state index in [0.29, 0.717) is 22.9 Å². The molecule has 3 aromatic rings. The third-order valence-electron chi connectivity index (χ3n) is 4.40. The molecule has 0 spiro atoms. The van der Waals surface area contributed by atoms with Crippen molar-refractivity contribution < 1.29 is 32.2 Å². The molecule has 1 amide bonds. The Labute approximate surface area is 187 Å². The van der Waals surface area contributed by atoms with Gasteiger partial charge in [-0.05, 0) is 42.5 Å². The predicted octanol–water partition coefficient (Wildman–Crippen LogP) is 4.58. The highest BCUT2D eigenvalue weighted by molar-refractivity contribution is 7.13. The molecule has 0 aliphatic rings. The number of hydrogen-bond donors (Lipinski definition) is 1. The second-order valence-electron chi connectivity index (χ2n) is 6.61. The van der Waals surface area contributed by atoms with E-state index in [1.54, 1.807) is 20.3 Å². The lowest BCUT2D eigenvalue weighted by Gasteiger charge is -2.09. The highest BCUT2D eigenvalue weighted by Crippen LogP contribution is 2.33. The summed E-state index contributed by atoms with van der Waals surface area (Å²) in [5, 5.41) is 5.26. The van der Waals surface area contributed by atoms with Gasteiger partial charge in [0.2, 0.25) is 5.91 Å². The molecule has 170 valence electrons. The lowest BCUT2D eigenvalue weighted by molar-refractivity contribution is -0.137. The minimum atomic E-state index is -4.39. The number of hydrogen-bond acceptors (Lipinski definition) is 6. The zero-order valence-electron chi connectivity index (χ0n) is 17.4. The molecule has 0 unspecified atom stereocenters. The van der Waals surface area contributed by atoms with Gasteiger partial charge in [0.05, 0.1) is 38.4 Å². The lowest BCUT2D eigenvalue weighted by Crippen LogP contribution is -2.29. The summed E-state index contributed by atoms with van der Waals surface area (Å²) >= 11 is 1.41. The first kappa shape index (κ1) is 23.4. The molecule has 0 radical (unpaired) electrons. The average molecular weight is 466 g/mol. The third-order valence-corrected chi connectivity index (χ3v) is 5.34. The Bertz CT molecular complexity index is 1050. The Morgan fingerprint density at radius 3 is 2.44 bits per heavy atom. The van der Waals surface area contributed by atoms with Gasteiger partial charge in [-0.3, -0.25) is 4.79 Å². The molecular formula is C22H21F3N2O4S. The zero-order valence-corrected chi connectivity index (χ0v) is 18.2. The van der Waals surface area contributed by atoms with Crippen molar-refractivity contribution in [3.05, 3.63) is 59.1 Å². The van der Waals surface area contributed by atoms with Crippen LogP contribution in [0.15, 0.2) is 47.8 Å². The van der Waals surface area contributed by atoms with Crippen molar-refractivity contribution in [3.8, 4) is 27.8 Å². The SMILES string of the molecule is COc1ccc(-c2nc(CC(=O)NCCOc3ccc(C(F)(F)F)cc3)cs2)cc1OC.